The van der Waals surface area contributed by atoms with Crippen LogP contribution in [0, 0.1) is 5.92 Å². The minimum Gasteiger partial charge on any atom is -0.326 e. The largest absolute Gasteiger partial charge is 0.326 e. The molecule has 0 aromatic heterocycles. The Morgan fingerprint density at radius 2 is 1.72 bits per heavy atom. The summed E-state index contributed by atoms with van der Waals surface area (Å²) in [5.41, 5.74) is 7.56. The van der Waals surface area contributed by atoms with E-state index in [1.807, 2.05) is 6.07 Å². The highest BCUT2D eigenvalue weighted by molar-refractivity contribution is 5.15. The van der Waals surface area contributed by atoms with Gasteiger partial charge in [0.2, 0.25) is 0 Å². The summed E-state index contributed by atoms with van der Waals surface area (Å²) >= 11 is 0. The van der Waals surface area contributed by atoms with E-state index in [0.29, 0.717) is 6.04 Å². The molecule has 2 N–H and O–H groups in total. The third-order valence-corrected chi connectivity index (χ3v) is 3.43. The molecule has 0 amide bonds. The van der Waals surface area contributed by atoms with Gasteiger partial charge < -0.3 is 10.6 Å². The van der Waals surface area contributed by atoms with Crippen molar-refractivity contribution in [3.63, 3.8) is 0 Å². The monoisotopic (exact) mass is 248 g/mol. The van der Waals surface area contributed by atoms with Gasteiger partial charge in [-0.1, -0.05) is 44.2 Å². The van der Waals surface area contributed by atoms with Crippen LogP contribution in [0.15, 0.2) is 30.3 Å². The zero-order chi connectivity index (χ0) is 13.5. The van der Waals surface area contributed by atoms with E-state index in [0.717, 1.165) is 18.9 Å². The maximum Gasteiger partial charge on any atom is 0.0208 e. The van der Waals surface area contributed by atoms with E-state index in [1.54, 1.807) is 0 Å². The Morgan fingerprint density at radius 3 is 2.28 bits per heavy atom. The second kappa shape index (κ2) is 7.55. The van der Waals surface area contributed by atoms with Crippen LogP contribution in [0.4, 0.5) is 0 Å². The summed E-state index contributed by atoms with van der Waals surface area (Å²) in [6.45, 7) is 7.79. The third kappa shape index (κ3) is 5.65. The van der Waals surface area contributed by atoms with Crippen LogP contribution < -0.4 is 5.73 Å². The molecule has 1 rings (SSSR count). The molecule has 0 spiro atoms. The number of nitrogens with two attached hydrogens (primary N) is 1. The number of nitrogens with zero attached hydrogens (tertiary/aromatic N) is 1. The molecule has 0 aliphatic carbocycles. The third-order valence-electron chi connectivity index (χ3n) is 3.43. The van der Waals surface area contributed by atoms with Crippen LogP contribution in [0.25, 0.3) is 0 Å². The molecule has 0 bridgehead atoms. The molecule has 2 heteroatoms. The van der Waals surface area contributed by atoms with E-state index >= 15 is 0 Å². The number of hydrogen-bond acceptors (Lipinski definition) is 2. The van der Waals surface area contributed by atoms with Crippen molar-refractivity contribution in [3.05, 3.63) is 35.9 Å². The summed E-state index contributed by atoms with van der Waals surface area (Å²) < 4.78 is 0. The van der Waals surface area contributed by atoms with Gasteiger partial charge in [-0.05, 0) is 38.3 Å². The maximum absolute atomic E-state index is 6.23. The molecule has 0 saturated heterocycles. The molecule has 1 unspecified atom stereocenters. The van der Waals surface area contributed by atoms with Crippen LogP contribution in [0.3, 0.4) is 0 Å². The first kappa shape index (κ1) is 15.2. The van der Waals surface area contributed by atoms with E-state index in [-0.39, 0.29) is 6.04 Å². The second-order valence-electron chi connectivity index (χ2n) is 5.87. The fourth-order valence-corrected chi connectivity index (χ4v) is 2.39. The summed E-state index contributed by atoms with van der Waals surface area (Å²) in [7, 11) is 2.18. The smallest absolute Gasteiger partial charge is 0.0208 e. The van der Waals surface area contributed by atoms with Crippen molar-refractivity contribution in [1.29, 1.82) is 0 Å². The summed E-state index contributed by atoms with van der Waals surface area (Å²) in [5, 5.41) is 0. The summed E-state index contributed by atoms with van der Waals surface area (Å²) in [5.74, 6) is 0.743. The van der Waals surface area contributed by atoms with Crippen LogP contribution >= 0.6 is 0 Å². The van der Waals surface area contributed by atoms with E-state index in [9.17, 15) is 0 Å². The van der Waals surface area contributed by atoms with Gasteiger partial charge >= 0.3 is 0 Å². The van der Waals surface area contributed by atoms with Crippen LogP contribution in [-0.2, 0) is 6.42 Å². The Labute approximate surface area is 112 Å². The molecular formula is C16H28N2. The molecule has 0 radical (unpaired) electrons. The van der Waals surface area contributed by atoms with E-state index < -0.39 is 0 Å². The summed E-state index contributed by atoms with van der Waals surface area (Å²) in [6.07, 6.45) is 2.19. The van der Waals surface area contributed by atoms with Gasteiger partial charge in [-0.25, -0.2) is 0 Å². The zero-order valence-corrected chi connectivity index (χ0v) is 12.3. The number of likely N-dealkylation sites (N-methyl/N-ethyl adjacent to an activating group) is 1. The molecule has 0 saturated carbocycles. The lowest BCUT2D eigenvalue weighted by Crippen LogP contribution is -2.41. The topological polar surface area (TPSA) is 29.3 Å². The van der Waals surface area contributed by atoms with Gasteiger partial charge in [-0.3, -0.25) is 0 Å². The van der Waals surface area contributed by atoms with Gasteiger partial charge in [0, 0.05) is 18.6 Å². The Morgan fingerprint density at radius 1 is 1.11 bits per heavy atom. The average molecular weight is 248 g/mol. The van der Waals surface area contributed by atoms with Gasteiger partial charge in [-0.2, -0.15) is 0 Å². The van der Waals surface area contributed by atoms with Crippen LogP contribution in [-0.4, -0.2) is 30.6 Å². The first-order valence-corrected chi connectivity index (χ1v) is 6.98. The second-order valence-corrected chi connectivity index (χ2v) is 5.87. The van der Waals surface area contributed by atoms with E-state index in [2.05, 4.69) is 57.0 Å². The van der Waals surface area contributed by atoms with E-state index in [1.165, 1.54) is 12.0 Å². The lowest BCUT2D eigenvalue weighted by atomic mass is 10.0. The average Bonchev–Trinajstić information content (AvgIpc) is 2.29. The molecule has 2 nitrogen and oxygen atoms in total. The standard InChI is InChI=1S/C16H28N2/c1-13(2)10-14(3)18(4)12-16(17)11-15-8-6-5-7-9-15/h5-9,13-14,16H,10-12,17H2,1-4H3/t14?,16-/m0/s1. The quantitative estimate of drug-likeness (QED) is 0.804. The minimum atomic E-state index is 0.215. The van der Waals surface area contributed by atoms with E-state index in [4.69, 9.17) is 5.73 Å². The summed E-state index contributed by atoms with van der Waals surface area (Å²) in [6, 6.07) is 11.3. The Hall–Kier alpha value is -0.860. The van der Waals surface area contributed by atoms with Crippen molar-refractivity contribution in [2.75, 3.05) is 13.6 Å². The molecule has 18 heavy (non-hydrogen) atoms. The Kier molecular flexibility index (Phi) is 6.37. The molecule has 2 atom stereocenters. The number of hydrogen-bond donors (Lipinski definition) is 1. The molecule has 1 aromatic rings. The predicted octanol–water partition coefficient (Wildman–Crippen LogP) is 2.92. The molecule has 0 fully saturated rings. The van der Waals surface area contributed by atoms with Gasteiger partial charge in [-0.15, -0.1) is 0 Å². The fraction of sp³-hybridized carbons (Fsp3) is 0.625. The fourth-order valence-electron chi connectivity index (χ4n) is 2.39. The molecule has 0 aliphatic rings. The molecule has 1 aromatic carbocycles. The van der Waals surface area contributed by atoms with Crippen LogP contribution in [0.2, 0.25) is 0 Å². The minimum absolute atomic E-state index is 0.215. The summed E-state index contributed by atoms with van der Waals surface area (Å²) in [4.78, 5) is 2.38. The Balaban J connectivity index is 2.37. The highest BCUT2D eigenvalue weighted by Crippen LogP contribution is 2.10. The van der Waals surface area contributed by atoms with Crippen LogP contribution in [0.5, 0.6) is 0 Å². The number of rotatable bonds is 7. The molecule has 0 heterocycles. The van der Waals surface area contributed by atoms with Crippen molar-refractivity contribution in [1.82, 2.24) is 4.90 Å². The van der Waals surface area contributed by atoms with Gasteiger partial charge in [0.15, 0.2) is 0 Å². The lowest BCUT2D eigenvalue weighted by Gasteiger charge is -2.28. The van der Waals surface area contributed by atoms with Crippen molar-refractivity contribution in [3.8, 4) is 0 Å². The molecule has 0 aliphatic heterocycles. The van der Waals surface area contributed by atoms with Crippen molar-refractivity contribution in [2.24, 2.45) is 11.7 Å². The lowest BCUT2D eigenvalue weighted by molar-refractivity contribution is 0.215. The molecule has 102 valence electrons. The van der Waals surface area contributed by atoms with Crippen molar-refractivity contribution >= 4 is 0 Å². The highest BCUT2D eigenvalue weighted by Gasteiger charge is 2.14. The predicted molar refractivity (Wildman–Crippen MR) is 79.7 cm³/mol. The Bertz CT molecular complexity index is 321. The van der Waals surface area contributed by atoms with Gasteiger partial charge in [0.25, 0.3) is 0 Å². The first-order chi connectivity index (χ1) is 8.49. The first-order valence-electron chi connectivity index (χ1n) is 6.98. The zero-order valence-electron chi connectivity index (χ0n) is 12.3. The SMILES string of the molecule is CC(C)CC(C)N(C)C[C@@H](N)Cc1ccccc1. The van der Waals surface area contributed by atoms with Crippen molar-refractivity contribution < 1.29 is 0 Å². The normalized spacial score (nSPS) is 15.1. The number of benzene rings is 1. The maximum atomic E-state index is 6.23. The highest BCUT2D eigenvalue weighted by atomic mass is 15.1. The van der Waals surface area contributed by atoms with Gasteiger partial charge in [0.1, 0.15) is 0 Å². The van der Waals surface area contributed by atoms with Crippen LogP contribution in [0.1, 0.15) is 32.8 Å². The van der Waals surface area contributed by atoms with Crippen molar-refractivity contribution in [2.45, 2.75) is 45.7 Å². The molecular weight excluding hydrogens is 220 g/mol. The van der Waals surface area contributed by atoms with Gasteiger partial charge in [0.05, 0.1) is 0 Å².